The van der Waals surface area contributed by atoms with Gasteiger partial charge in [0.1, 0.15) is 18.1 Å². The van der Waals surface area contributed by atoms with Gasteiger partial charge < -0.3 is 9.64 Å². The van der Waals surface area contributed by atoms with Gasteiger partial charge in [0.2, 0.25) is 0 Å². The van der Waals surface area contributed by atoms with Gasteiger partial charge in [0.05, 0.1) is 10.0 Å². The molecule has 1 amide bonds. The second kappa shape index (κ2) is 7.84. The van der Waals surface area contributed by atoms with E-state index in [1.165, 1.54) is 11.0 Å². The van der Waals surface area contributed by atoms with Crippen LogP contribution in [0.5, 0.6) is 5.75 Å². The molecule has 4 nitrogen and oxygen atoms in total. The number of hydrogen-bond acceptors (Lipinski definition) is 3. The van der Waals surface area contributed by atoms with Crippen molar-refractivity contribution in [1.29, 1.82) is 0 Å². The maximum atomic E-state index is 13.7. The van der Waals surface area contributed by atoms with Gasteiger partial charge in [-0.1, -0.05) is 41.4 Å². The normalized spacial score (nSPS) is 15.8. The van der Waals surface area contributed by atoms with Crippen molar-refractivity contribution in [1.82, 2.24) is 9.80 Å². The average Bonchev–Trinajstić information content (AvgIpc) is 2.80. The third kappa shape index (κ3) is 3.93. The molecule has 0 saturated carbocycles. The Kier molecular flexibility index (Phi) is 5.69. The number of likely N-dealkylation sites (N-methyl/N-ethyl adjacent to an activating group) is 2. The Morgan fingerprint density at radius 2 is 1.78 bits per heavy atom. The van der Waals surface area contributed by atoms with Crippen LogP contribution in [0.15, 0.2) is 42.1 Å². The molecule has 0 unspecified atom stereocenters. The number of carbonyl (C=O) groups excluding carboxylic acids is 1. The van der Waals surface area contributed by atoms with Crippen LogP contribution in [0.3, 0.4) is 0 Å². The summed E-state index contributed by atoms with van der Waals surface area (Å²) < 4.78 is 19.3. The Hall–Kier alpha value is -2.15. The van der Waals surface area contributed by atoms with E-state index in [4.69, 9.17) is 40.2 Å². The molecule has 0 spiro atoms. The van der Waals surface area contributed by atoms with Crippen molar-refractivity contribution in [3.05, 3.63) is 69.1 Å². The number of hydrogen-bond donors (Lipinski definition) is 0. The van der Waals surface area contributed by atoms with Gasteiger partial charge in [0.15, 0.2) is 10.9 Å². The first-order valence-electron chi connectivity index (χ1n) is 7.92. The summed E-state index contributed by atoms with van der Waals surface area (Å²) in [6, 6.07) is 9.55. The lowest BCUT2D eigenvalue weighted by atomic mass is 10.1. The van der Waals surface area contributed by atoms with Crippen molar-refractivity contribution < 1.29 is 13.9 Å². The standard InChI is InChI=1S/C19H15Cl2FN2O2S/c1-23-16(18(25)24(2)19(23)27)9-11-7-13(20)17(14(21)8-11)26-10-12-5-3-4-6-15(12)22/h3-9H,10H2,1-2H3/b16-9-. The molecule has 2 aromatic carbocycles. The summed E-state index contributed by atoms with van der Waals surface area (Å²) in [5, 5.41) is 0.928. The Labute approximate surface area is 171 Å². The highest BCUT2D eigenvalue weighted by atomic mass is 35.5. The smallest absolute Gasteiger partial charge is 0.276 e. The van der Waals surface area contributed by atoms with E-state index in [0.717, 1.165) is 0 Å². The third-order valence-corrected chi connectivity index (χ3v) is 5.22. The molecule has 3 rings (SSSR count). The summed E-state index contributed by atoms with van der Waals surface area (Å²) in [6.07, 6.45) is 1.65. The third-order valence-electron chi connectivity index (χ3n) is 4.11. The van der Waals surface area contributed by atoms with Gasteiger partial charge in [-0.3, -0.25) is 9.69 Å². The Bertz CT molecular complexity index is 941. The molecule has 0 radical (unpaired) electrons. The first kappa shape index (κ1) is 19.6. The van der Waals surface area contributed by atoms with E-state index in [1.807, 2.05) is 0 Å². The number of ether oxygens (including phenoxy) is 1. The first-order valence-corrected chi connectivity index (χ1v) is 9.08. The number of nitrogens with zero attached hydrogens (tertiary/aromatic N) is 2. The van der Waals surface area contributed by atoms with Crippen LogP contribution in [0.4, 0.5) is 4.39 Å². The van der Waals surface area contributed by atoms with Crippen molar-refractivity contribution >= 4 is 52.5 Å². The Morgan fingerprint density at radius 3 is 2.33 bits per heavy atom. The van der Waals surface area contributed by atoms with Crippen LogP contribution in [0.2, 0.25) is 10.0 Å². The van der Waals surface area contributed by atoms with Crippen molar-refractivity contribution in [3.63, 3.8) is 0 Å². The van der Waals surface area contributed by atoms with Gasteiger partial charge >= 0.3 is 0 Å². The Morgan fingerprint density at radius 1 is 1.15 bits per heavy atom. The zero-order valence-corrected chi connectivity index (χ0v) is 16.8. The summed E-state index contributed by atoms with van der Waals surface area (Å²) in [7, 11) is 3.33. The SMILES string of the molecule is CN1C(=O)/C(=C/c2cc(Cl)c(OCc3ccccc3F)c(Cl)c2)N(C)C1=S. The van der Waals surface area contributed by atoms with Gasteiger partial charge in [-0.25, -0.2) is 4.39 Å². The van der Waals surface area contributed by atoms with Gasteiger partial charge in [0, 0.05) is 19.7 Å². The molecule has 1 aliphatic heterocycles. The molecule has 0 N–H and O–H groups in total. The number of amides is 1. The van der Waals surface area contributed by atoms with E-state index in [-0.39, 0.29) is 34.1 Å². The van der Waals surface area contributed by atoms with E-state index >= 15 is 0 Å². The minimum atomic E-state index is -0.367. The predicted molar refractivity (Wildman–Crippen MR) is 108 cm³/mol. The van der Waals surface area contributed by atoms with Gasteiger partial charge in [-0.15, -0.1) is 0 Å². The zero-order chi connectivity index (χ0) is 19.7. The van der Waals surface area contributed by atoms with Crippen LogP contribution in [0.1, 0.15) is 11.1 Å². The number of benzene rings is 2. The van der Waals surface area contributed by atoms with Crippen molar-refractivity contribution in [3.8, 4) is 5.75 Å². The topological polar surface area (TPSA) is 32.8 Å². The molecular weight excluding hydrogens is 410 g/mol. The second-order valence-corrected chi connectivity index (χ2v) is 7.11. The second-order valence-electron chi connectivity index (χ2n) is 5.93. The van der Waals surface area contributed by atoms with Crippen LogP contribution in [-0.2, 0) is 11.4 Å². The molecule has 1 saturated heterocycles. The van der Waals surface area contributed by atoms with E-state index in [2.05, 4.69) is 0 Å². The molecule has 1 aliphatic rings. The summed E-state index contributed by atoms with van der Waals surface area (Å²) in [5.41, 5.74) is 1.43. The molecule has 0 aliphatic carbocycles. The van der Waals surface area contributed by atoms with Crippen molar-refractivity contribution in [2.24, 2.45) is 0 Å². The number of carbonyl (C=O) groups is 1. The molecule has 140 valence electrons. The molecule has 1 fully saturated rings. The van der Waals surface area contributed by atoms with Crippen molar-refractivity contribution in [2.45, 2.75) is 6.61 Å². The Balaban J connectivity index is 1.85. The zero-order valence-electron chi connectivity index (χ0n) is 14.5. The molecule has 8 heteroatoms. The molecule has 0 aromatic heterocycles. The fourth-order valence-corrected chi connectivity index (χ4v) is 3.41. The van der Waals surface area contributed by atoms with E-state index in [1.54, 1.807) is 55.4 Å². The van der Waals surface area contributed by atoms with E-state index in [9.17, 15) is 9.18 Å². The molecule has 27 heavy (non-hydrogen) atoms. The molecular formula is C19H15Cl2FN2O2S. The molecule has 1 heterocycles. The summed E-state index contributed by atoms with van der Waals surface area (Å²) in [4.78, 5) is 15.3. The largest absolute Gasteiger partial charge is 0.486 e. The van der Waals surface area contributed by atoms with Crippen LogP contribution in [0.25, 0.3) is 6.08 Å². The monoisotopic (exact) mass is 424 g/mol. The van der Waals surface area contributed by atoms with E-state index in [0.29, 0.717) is 21.9 Å². The van der Waals surface area contributed by atoms with Crippen LogP contribution in [-0.4, -0.2) is 34.9 Å². The lowest BCUT2D eigenvalue weighted by Gasteiger charge is -2.13. The maximum Gasteiger partial charge on any atom is 0.276 e. The minimum Gasteiger partial charge on any atom is -0.486 e. The van der Waals surface area contributed by atoms with Gasteiger partial charge in [-0.05, 0) is 42.1 Å². The number of thiocarbonyl (C=S) groups is 1. The highest BCUT2D eigenvalue weighted by Gasteiger charge is 2.32. The van der Waals surface area contributed by atoms with E-state index < -0.39 is 0 Å². The summed E-state index contributed by atoms with van der Waals surface area (Å²) >= 11 is 17.8. The summed E-state index contributed by atoms with van der Waals surface area (Å²) in [6.45, 7) is -0.00711. The first-order chi connectivity index (χ1) is 12.8. The molecule has 2 aromatic rings. The van der Waals surface area contributed by atoms with Crippen LogP contribution >= 0.6 is 35.4 Å². The molecule has 0 bridgehead atoms. The highest BCUT2D eigenvalue weighted by molar-refractivity contribution is 7.80. The fraction of sp³-hybridized carbons (Fsp3) is 0.158. The minimum absolute atomic E-state index is 0.00711. The average molecular weight is 425 g/mol. The maximum absolute atomic E-state index is 13.7. The lowest BCUT2D eigenvalue weighted by Crippen LogP contribution is -2.26. The summed E-state index contributed by atoms with van der Waals surface area (Å²) in [5.74, 6) is -0.328. The van der Waals surface area contributed by atoms with Gasteiger partial charge in [0.25, 0.3) is 5.91 Å². The predicted octanol–water partition coefficient (Wildman–Crippen LogP) is 4.74. The lowest BCUT2D eigenvalue weighted by molar-refractivity contribution is -0.121. The highest BCUT2D eigenvalue weighted by Crippen LogP contribution is 2.36. The quantitative estimate of drug-likeness (QED) is 0.523. The number of halogens is 3. The number of rotatable bonds is 4. The fourth-order valence-electron chi connectivity index (χ4n) is 2.61. The van der Waals surface area contributed by atoms with Crippen LogP contribution in [0, 0.1) is 5.82 Å². The van der Waals surface area contributed by atoms with Gasteiger partial charge in [-0.2, -0.15) is 0 Å². The van der Waals surface area contributed by atoms with Crippen LogP contribution < -0.4 is 4.74 Å². The van der Waals surface area contributed by atoms with Crippen molar-refractivity contribution in [2.75, 3.05) is 14.1 Å². The molecule has 0 atom stereocenters.